The molecule has 0 radical (unpaired) electrons. The van der Waals surface area contributed by atoms with Crippen molar-refractivity contribution in [3.05, 3.63) is 63.4 Å². The van der Waals surface area contributed by atoms with Crippen LogP contribution < -0.4 is 4.90 Å². The number of carbonyl (C=O) groups is 1. The molecule has 1 aromatic heterocycles. The van der Waals surface area contributed by atoms with Gasteiger partial charge >= 0.3 is 0 Å². The number of nitro groups is 1. The Morgan fingerprint density at radius 1 is 1.25 bits per heavy atom. The SMILES string of the molecule is CN(C(=O)c1cccc(Cl)n1)c1ccc([N+](=O)[O-])cc1. The van der Waals surface area contributed by atoms with Crippen molar-refractivity contribution in [3.63, 3.8) is 0 Å². The molecule has 2 aromatic rings. The van der Waals surface area contributed by atoms with E-state index in [2.05, 4.69) is 4.98 Å². The van der Waals surface area contributed by atoms with E-state index in [1.54, 1.807) is 25.2 Å². The second kappa shape index (κ2) is 5.66. The number of hydrogen-bond acceptors (Lipinski definition) is 4. The lowest BCUT2D eigenvalue weighted by Gasteiger charge is -2.16. The number of hydrogen-bond donors (Lipinski definition) is 0. The van der Waals surface area contributed by atoms with Gasteiger partial charge in [-0.3, -0.25) is 14.9 Å². The molecule has 0 unspecified atom stereocenters. The fraction of sp³-hybridized carbons (Fsp3) is 0.0769. The van der Waals surface area contributed by atoms with Crippen LogP contribution in [0.1, 0.15) is 10.5 Å². The van der Waals surface area contributed by atoms with Crippen LogP contribution >= 0.6 is 11.6 Å². The van der Waals surface area contributed by atoms with Gasteiger partial charge in [-0.2, -0.15) is 0 Å². The first-order valence-corrected chi connectivity index (χ1v) is 6.02. The molecule has 0 aliphatic heterocycles. The first-order chi connectivity index (χ1) is 9.49. The van der Waals surface area contributed by atoms with Crippen molar-refractivity contribution in [1.29, 1.82) is 0 Å². The number of nitrogens with zero attached hydrogens (tertiary/aromatic N) is 3. The van der Waals surface area contributed by atoms with Crippen LogP contribution in [0.5, 0.6) is 0 Å². The maximum Gasteiger partial charge on any atom is 0.276 e. The fourth-order valence-electron chi connectivity index (χ4n) is 1.61. The van der Waals surface area contributed by atoms with Gasteiger partial charge in [-0.1, -0.05) is 17.7 Å². The number of anilines is 1. The zero-order valence-electron chi connectivity index (χ0n) is 10.5. The predicted octanol–water partition coefficient (Wildman–Crippen LogP) is 2.92. The monoisotopic (exact) mass is 291 g/mol. The molecule has 0 spiro atoms. The predicted molar refractivity (Wildman–Crippen MR) is 75.1 cm³/mol. The van der Waals surface area contributed by atoms with Gasteiger partial charge in [-0.05, 0) is 24.3 Å². The normalized spacial score (nSPS) is 10.1. The van der Waals surface area contributed by atoms with Gasteiger partial charge in [0.2, 0.25) is 0 Å². The van der Waals surface area contributed by atoms with E-state index in [9.17, 15) is 14.9 Å². The third-order valence-corrected chi connectivity index (χ3v) is 2.90. The van der Waals surface area contributed by atoms with E-state index < -0.39 is 4.92 Å². The molecule has 2 rings (SSSR count). The Balaban J connectivity index is 2.24. The van der Waals surface area contributed by atoms with E-state index >= 15 is 0 Å². The molecule has 0 aliphatic rings. The highest BCUT2D eigenvalue weighted by atomic mass is 35.5. The maximum absolute atomic E-state index is 12.2. The van der Waals surface area contributed by atoms with Crippen molar-refractivity contribution in [3.8, 4) is 0 Å². The smallest absolute Gasteiger partial charge is 0.276 e. The highest BCUT2D eigenvalue weighted by Gasteiger charge is 2.16. The first-order valence-electron chi connectivity index (χ1n) is 5.64. The molecule has 0 atom stereocenters. The minimum Gasteiger partial charge on any atom is -0.310 e. The van der Waals surface area contributed by atoms with Gasteiger partial charge in [0, 0.05) is 24.9 Å². The molecule has 0 aliphatic carbocycles. The highest BCUT2D eigenvalue weighted by molar-refractivity contribution is 6.29. The zero-order chi connectivity index (χ0) is 14.7. The lowest BCUT2D eigenvalue weighted by Crippen LogP contribution is -2.27. The number of halogens is 1. The highest BCUT2D eigenvalue weighted by Crippen LogP contribution is 2.20. The van der Waals surface area contributed by atoms with Crippen molar-refractivity contribution in [2.45, 2.75) is 0 Å². The summed E-state index contributed by atoms with van der Waals surface area (Å²) in [6.07, 6.45) is 0. The van der Waals surface area contributed by atoms with Crippen LogP contribution in [0, 0.1) is 10.1 Å². The lowest BCUT2D eigenvalue weighted by molar-refractivity contribution is -0.384. The van der Waals surface area contributed by atoms with Crippen molar-refractivity contribution >= 4 is 28.9 Å². The number of benzene rings is 1. The van der Waals surface area contributed by atoms with E-state index in [4.69, 9.17) is 11.6 Å². The third kappa shape index (κ3) is 2.92. The average molecular weight is 292 g/mol. The molecule has 1 heterocycles. The molecule has 102 valence electrons. The summed E-state index contributed by atoms with van der Waals surface area (Å²) in [4.78, 5) is 27.5. The number of rotatable bonds is 3. The number of aromatic nitrogens is 1. The molecule has 0 saturated carbocycles. The Morgan fingerprint density at radius 3 is 2.45 bits per heavy atom. The van der Waals surface area contributed by atoms with Crippen molar-refractivity contribution in [2.75, 3.05) is 11.9 Å². The minimum atomic E-state index is -0.496. The molecule has 0 N–H and O–H groups in total. The van der Waals surface area contributed by atoms with Gasteiger partial charge in [-0.15, -0.1) is 0 Å². The number of nitro benzene ring substituents is 1. The Morgan fingerprint density at radius 2 is 1.90 bits per heavy atom. The summed E-state index contributed by atoms with van der Waals surface area (Å²) in [7, 11) is 1.56. The van der Waals surface area contributed by atoms with E-state index in [0.29, 0.717) is 5.69 Å². The molecular weight excluding hydrogens is 282 g/mol. The molecular formula is C13H10ClN3O3. The van der Waals surface area contributed by atoms with Crippen molar-refractivity contribution in [2.24, 2.45) is 0 Å². The lowest BCUT2D eigenvalue weighted by atomic mass is 10.2. The van der Waals surface area contributed by atoms with Gasteiger partial charge in [0.25, 0.3) is 11.6 Å². The molecule has 6 nitrogen and oxygen atoms in total. The van der Waals surface area contributed by atoms with Gasteiger partial charge in [-0.25, -0.2) is 4.98 Å². The molecule has 7 heteroatoms. The minimum absolute atomic E-state index is 0.0320. The van der Waals surface area contributed by atoms with Crippen LogP contribution in [0.15, 0.2) is 42.5 Å². The molecule has 0 fully saturated rings. The second-order valence-electron chi connectivity index (χ2n) is 3.98. The fourth-order valence-corrected chi connectivity index (χ4v) is 1.78. The van der Waals surface area contributed by atoms with Crippen LogP contribution in [0.25, 0.3) is 0 Å². The van der Waals surface area contributed by atoms with Crippen molar-refractivity contribution in [1.82, 2.24) is 4.98 Å². The molecule has 0 saturated heterocycles. The van der Waals surface area contributed by atoms with Gasteiger partial charge in [0.1, 0.15) is 10.8 Å². The van der Waals surface area contributed by atoms with E-state index in [0.717, 1.165) is 0 Å². The van der Waals surface area contributed by atoms with Crippen molar-refractivity contribution < 1.29 is 9.72 Å². The Labute approximate surface area is 119 Å². The average Bonchev–Trinajstić information content (AvgIpc) is 2.46. The first kappa shape index (κ1) is 14.0. The van der Waals surface area contributed by atoms with Crippen LogP contribution in [-0.2, 0) is 0 Å². The summed E-state index contributed by atoms with van der Waals surface area (Å²) >= 11 is 5.74. The molecule has 1 amide bonds. The number of non-ortho nitro benzene ring substituents is 1. The van der Waals surface area contributed by atoms with Gasteiger partial charge in [0.15, 0.2) is 0 Å². The maximum atomic E-state index is 12.2. The standard InChI is InChI=1S/C13H10ClN3O3/c1-16(9-5-7-10(8-6-9)17(19)20)13(18)11-3-2-4-12(14)15-11/h2-8H,1H3. The summed E-state index contributed by atoms with van der Waals surface area (Å²) in [5.74, 6) is -0.346. The number of amides is 1. The van der Waals surface area contributed by atoms with E-state index in [1.807, 2.05) is 0 Å². The largest absolute Gasteiger partial charge is 0.310 e. The van der Waals surface area contributed by atoms with Crippen LogP contribution in [0.3, 0.4) is 0 Å². The molecule has 20 heavy (non-hydrogen) atoms. The zero-order valence-corrected chi connectivity index (χ0v) is 11.2. The molecule has 1 aromatic carbocycles. The quantitative estimate of drug-likeness (QED) is 0.495. The van der Waals surface area contributed by atoms with Gasteiger partial charge < -0.3 is 4.90 Å². The summed E-state index contributed by atoms with van der Waals surface area (Å²) < 4.78 is 0. The van der Waals surface area contributed by atoms with Gasteiger partial charge in [0.05, 0.1) is 4.92 Å². The van der Waals surface area contributed by atoms with Crippen LogP contribution in [-0.4, -0.2) is 22.9 Å². The van der Waals surface area contributed by atoms with Crippen LogP contribution in [0.4, 0.5) is 11.4 Å². The Hall–Kier alpha value is -2.47. The van der Waals surface area contributed by atoms with E-state index in [-0.39, 0.29) is 22.4 Å². The number of carbonyl (C=O) groups excluding carboxylic acids is 1. The van der Waals surface area contributed by atoms with Crippen LogP contribution in [0.2, 0.25) is 5.15 Å². The van der Waals surface area contributed by atoms with E-state index in [1.165, 1.54) is 29.2 Å². The Bertz CT molecular complexity index is 658. The Kier molecular flexibility index (Phi) is 3.95. The summed E-state index contributed by atoms with van der Waals surface area (Å²) in [6.45, 7) is 0. The summed E-state index contributed by atoms with van der Waals surface area (Å²) in [5.41, 5.74) is 0.705. The second-order valence-corrected chi connectivity index (χ2v) is 4.37. The molecule has 0 bridgehead atoms. The number of pyridine rings is 1. The topological polar surface area (TPSA) is 76.3 Å². The third-order valence-electron chi connectivity index (χ3n) is 2.69. The summed E-state index contributed by atoms with van der Waals surface area (Å²) in [5, 5.41) is 10.8. The summed E-state index contributed by atoms with van der Waals surface area (Å²) in [6, 6.07) is 10.4.